The molecule has 0 unspecified atom stereocenters. The molecule has 0 spiro atoms. The molecular formula is C33H47NO9S. The Morgan fingerprint density at radius 2 is 1.57 bits per heavy atom. The molecule has 11 heteroatoms. The number of anilines is 1. The molecule has 1 aliphatic rings. The summed E-state index contributed by atoms with van der Waals surface area (Å²) in [6.45, 7) is 4.44. The van der Waals surface area contributed by atoms with Gasteiger partial charge < -0.3 is 29.7 Å². The van der Waals surface area contributed by atoms with Gasteiger partial charge in [0.25, 0.3) is 0 Å². The zero-order valence-electron chi connectivity index (χ0n) is 26.2. The Bertz CT molecular complexity index is 1340. The highest BCUT2D eigenvalue weighted by Crippen LogP contribution is 2.50. The summed E-state index contributed by atoms with van der Waals surface area (Å²) in [5, 5.41) is 30.2. The minimum atomic E-state index is -3.69. The normalized spacial score (nSPS) is 18.8. The van der Waals surface area contributed by atoms with Crippen molar-refractivity contribution in [2.75, 3.05) is 44.6 Å². The van der Waals surface area contributed by atoms with Crippen molar-refractivity contribution < 1.29 is 42.8 Å². The van der Waals surface area contributed by atoms with E-state index < -0.39 is 45.1 Å². The smallest absolute Gasteiger partial charge is 0.317 e. The molecule has 0 aromatic heterocycles. The number of aliphatic carboxylic acids is 2. The predicted octanol–water partition coefficient (Wildman–Crippen LogP) is 4.97. The molecule has 0 amide bonds. The van der Waals surface area contributed by atoms with E-state index in [1.165, 1.54) is 0 Å². The van der Waals surface area contributed by atoms with E-state index in [4.69, 9.17) is 19.7 Å². The van der Waals surface area contributed by atoms with E-state index in [9.17, 15) is 23.1 Å². The number of ether oxygens (including phenoxy) is 2. The first-order valence-electron chi connectivity index (χ1n) is 15.3. The van der Waals surface area contributed by atoms with Gasteiger partial charge in [-0.2, -0.15) is 0 Å². The monoisotopic (exact) mass is 633 g/mol. The fourth-order valence-corrected chi connectivity index (χ4v) is 8.23. The average molecular weight is 634 g/mol. The van der Waals surface area contributed by atoms with Crippen LogP contribution in [-0.4, -0.2) is 81.4 Å². The molecule has 0 saturated carbocycles. The van der Waals surface area contributed by atoms with Crippen LogP contribution in [0.4, 0.5) is 5.69 Å². The number of hydrogen-bond donors (Lipinski definition) is 3. The lowest BCUT2D eigenvalue weighted by molar-refractivity contribution is -0.155. The van der Waals surface area contributed by atoms with Crippen LogP contribution in [0.2, 0.25) is 0 Å². The summed E-state index contributed by atoms with van der Waals surface area (Å²) in [6.07, 6.45) is 3.63. The molecule has 44 heavy (non-hydrogen) atoms. The largest absolute Gasteiger partial charge is 0.491 e. The van der Waals surface area contributed by atoms with E-state index in [2.05, 4.69) is 13.8 Å². The van der Waals surface area contributed by atoms with Gasteiger partial charge in [-0.25, -0.2) is 8.42 Å². The van der Waals surface area contributed by atoms with Gasteiger partial charge in [0.05, 0.1) is 23.4 Å². The minimum Gasteiger partial charge on any atom is -0.491 e. The number of sulfone groups is 1. The molecule has 3 N–H and O–H groups in total. The highest BCUT2D eigenvalue weighted by molar-refractivity contribution is 7.91. The summed E-state index contributed by atoms with van der Waals surface area (Å²) >= 11 is 0. The Morgan fingerprint density at radius 3 is 2.11 bits per heavy atom. The quantitative estimate of drug-likeness (QED) is 0.161. The SMILES string of the molecule is CCCCC1(CCCC)CS(=O)(=O)c2ccc(N(C)C)cc2[C@@H](c2ccc(OCCOCCC(C(=O)O)C(=O)O)cc2)[C@H]1O. The van der Waals surface area contributed by atoms with Gasteiger partial charge in [-0.05, 0) is 60.7 Å². The van der Waals surface area contributed by atoms with Crippen molar-refractivity contribution in [2.24, 2.45) is 11.3 Å². The lowest BCUT2D eigenvalue weighted by Gasteiger charge is -2.40. The second-order valence-corrected chi connectivity index (χ2v) is 13.9. The fraction of sp³-hybridized carbons (Fsp3) is 0.576. The number of benzene rings is 2. The minimum absolute atomic E-state index is 0.0276. The first kappa shape index (κ1) is 35.3. The van der Waals surface area contributed by atoms with Gasteiger partial charge in [0.15, 0.2) is 15.8 Å². The highest BCUT2D eigenvalue weighted by atomic mass is 32.2. The molecular weight excluding hydrogens is 586 g/mol. The molecule has 244 valence electrons. The van der Waals surface area contributed by atoms with E-state index in [-0.39, 0.29) is 36.9 Å². The third kappa shape index (κ3) is 8.51. The van der Waals surface area contributed by atoms with Crippen LogP contribution >= 0.6 is 0 Å². The zero-order valence-corrected chi connectivity index (χ0v) is 27.0. The molecule has 0 saturated heterocycles. The van der Waals surface area contributed by atoms with Crippen molar-refractivity contribution in [2.45, 2.75) is 75.7 Å². The molecule has 10 nitrogen and oxygen atoms in total. The number of carboxylic acid groups (broad SMARTS) is 2. The van der Waals surface area contributed by atoms with Crippen LogP contribution in [0, 0.1) is 11.3 Å². The lowest BCUT2D eigenvalue weighted by atomic mass is 9.68. The number of unbranched alkanes of at least 4 members (excludes halogenated alkanes) is 2. The van der Waals surface area contributed by atoms with Crippen LogP contribution < -0.4 is 9.64 Å². The van der Waals surface area contributed by atoms with E-state index in [0.29, 0.717) is 24.2 Å². The summed E-state index contributed by atoms with van der Waals surface area (Å²) in [7, 11) is 0.112. The molecule has 3 rings (SSSR count). The molecule has 2 aromatic carbocycles. The van der Waals surface area contributed by atoms with Crippen molar-refractivity contribution in [3.05, 3.63) is 53.6 Å². The van der Waals surface area contributed by atoms with Crippen LogP contribution in [0.25, 0.3) is 0 Å². The molecule has 2 aromatic rings. The predicted molar refractivity (Wildman–Crippen MR) is 168 cm³/mol. The summed E-state index contributed by atoms with van der Waals surface area (Å²) in [5.41, 5.74) is 1.45. The Kier molecular flexibility index (Phi) is 12.6. The number of nitrogens with zero attached hydrogens (tertiary/aromatic N) is 1. The molecule has 1 heterocycles. The van der Waals surface area contributed by atoms with Gasteiger partial charge in [-0.1, -0.05) is 51.7 Å². The maximum Gasteiger partial charge on any atom is 0.317 e. The first-order chi connectivity index (χ1) is 20.9. The number of hydrogen-bond acceptors (Lipinski definition) is 8. The second-order valence-electron chi connectivity index (χ2n) is 11.9. The van der Waals surface area contributed by atoms with Gasteiger partial charge in [0.2, 0.25) is 0 Å². The van der Waals surface area contributed by atoms with E-state index >= 15 is 0 Å². The first-order valence-corrected chi connectivity index (χ1v) is 17.0. The maximum absolute atomic E-state index is 14.0. The Balaban J connectivity index is 1.89. The molecule has 0 aliphatic carbocycles. The van der Waals surface area contributed by atoms with Crippen molar-refractivity contribution in [3.8, 4) is 5.75 Å². The third-order valence-electron chi connectivity index (χ3n) is 8.54. The third-order valence-corrected chi connectivity index (χ3v) is 10.5. The van der Waals surface area contributed by atoms with E-state index in [1.807, 2.05) is 43.3 Å². The number of fused-ring (bicyclic) bond motifs is 1. The molecule has 0 bridgehead atoms. The van der Waals surface area contributed by atoms with E-state index in [1.54, 1.807) is 18.2 Å². The zero-order chi connectivity index (χ0) is 32.5. The number of carbonyl (C=O) groups is 2. The van der Waals surface area contributed by atoms with Gasteiger partial charge in [-0.15, -0.1) is 0 Å². The van der Waals surface area contributed by atoms with Crippen molar-refractivity contribution in [1.29, 1.82) is 0 Å². The maximum atomic E-state index is 14.0. The molecule has 2 atom stereocenters. The highest BCUT2D eigenvalue weighted by Gasteiger charge is 2.49. The lowest BCUT2D eigenvalue weighted by Crippen LogP contribution is -2.43. The number of carboxylic acids is 2. The molecule has 1 aliphatic heterocycles. The number of aliphatic hydroxyl groups excluding tert-OH is 1. The summed E-state index contributed by atoms with van der Waals surface area (Å²) < 4.78 is 39.1. The summed E-state index contributed by atoms with van der Waals surface area (Å²) in [4.78, 5) is 24.2. The van der Waals surface area contributed by atoms with Crippen LogP contribution in [0.15, 0.2) is 47.4 Å². The van der Waals surface area contributed by atoms with Crippen molar-refractivity contribution in [3.63, 3.8) is 0 Å². The van der Waals surface area contributed by atoms with Crippen LogP contribution in [0.5, 0.6) is 5.75 Å². The standard InChI is InChI=1S/C33H47NO9S/c1-5-7-16-33(17-8-6-2)22-44(40,41)28-14-11-24(34(3)4)21-27(28)29(30(33)35)23-9-12-25(13-10-23)43-20-19-42-18-15-26(31(36)37)32(38)39/h9-14,21,26,29-30,35H,5-8,15-20,22H2,1-4H3,(H,36,37)(H,38,39)/t29-,30-/m1/s1. The summed E-state index contributed by atoms with van der Waals surface area (Å²) in [5.74, 6) is -4.42. The second kappa shape index (κ2) is 15.7. The van der Waals surface area contributed by atoms with Gasteiger partial charge in [-0.3, -0.25) is 9.59 Å². The number of aliphatic hydroxyl groups is 1. The topological polar surface area (TPSA) is 151 Å². The van der Waals surface area contributed by atoms with Crippen molar-refractivity contribution in [1.82, 2.24) is 0 Å². The van der Waals surface area contributed by atoms with Crippen LogP contribution in [0.3, 0.4) is 0 Å². The van der Waals surface area contributed by atoms with E-state index in [0.717, 1.165) is 36.9 Å². The van der Waals surface area contributed by atoms with Gasteiger partial charge >= 0.3 is 11.9 Å². The van der Waals surface area contributed by atoms with Gasteiger partial charge in [0.1, 0.15) is 12.4 Å². The van der Waals surface area contributed by atoms with Gasteiger partial charge in [0, 0.05) is 37.7 Å². The molecule has 0 fully saturated rings. The summed E-state index contributed by atoms with van der Waals surface area (Å²) in [6, 6.07) is 12.7. The molecule has 0 radical (unpaired) electrons. The Hall–Kier alpha value is -3.15. The van der Waals surface area contributed by atoms with Crippen LogP contribution in [0.1, 0.15) is 75.8 Å². The Labute approximate surface area is 260 Å². The Morgan fingerprint density at radius 1 is 0.955 bits per heavy atom. The van der Waals surface area contributed by atoms with Crippen molar-refractivity contribution >= 4 is 27.5 Å². The fourth-order valence-electron chi connectivity index (χ4n) is 6.04. The van der Waals surface area contributed by atoms with Crippen LogP contribution in [-0.2, 0) is 24.2 Å². The number of rotatable bonds is 17. The average Bonchev–Trinajstić information content (AvgIpc) is 3.04.